The van der Waals surface area contributed by atoms with Crippen molar-refractivity contribution in [2.45, 2.75) is 47.1 Å². The highest BCUT2D eigenvalue weighted by Gasteiger charge is 2.34. The van der Waals surface area contributed by atoms with Crippen LogP contribution in [0.4, 0.5) is 0 Å². The van der Waals surface area contributed by atoms with E-state index in [2.05, 4.69) is 13.8 Å². The Labute approximate surface area is 100.0 Å². The van der Waals surface area contributed by atoms with Crippen molar-refractivity contribution in [1.82, 2.24) is 0 Å². The van der Waals surface area contributed by atoms with Crippen molar-refractivity contribution in [3.63, 3.8) is 0 Å². The normalized spacial score (nSPS) is 16.8. The van der Waals surface area contributed by atoms with E-state index in [0.29, 0.717) is 10.4 Å². The van der Waals surface area contributed by atoms with E-state index in [0.717, 1.165) is 19.5 Å². The largest absolute Gasteiger partial charge is 0.316 e. The zero-order chi connectivity index (χ0) is 13.0. The fourth-order valence-electron chi connectivity index (χ4n) is 1.93. The molecule has 1 N–H and O–H groups in total. The summed E-state index contributed by atoms with van der Waals surface area (Å²) in [6.07, 6.45) is 0.974. The van der Waals surface area contributed by atoms with E-state index >= 15 is 0 Å². The second-order valence-corrected chi connectivity index (χ2v) is 6.67. The van der Waals surface area contributed by atoms with Gasteiger partial charge in [-0.05, 0) is 33.1 Å². The van der Waals surface area contributed by atoms with Gasteiger partial charge in [0.25, 0.3) is 0 Å². The molecule has 0 bridgehead atoms. The SMILES string of the molecule is CC[N+](CCC(C)C)(CS(=O)(=O)O)C(C)C. The van der Waals surface area contributed by atoms with Gasteiger partial charge in [0.05, 0.1) is 19.1 Å². The van der Waals surface area contributed by atoms with Crippen molar-refractivity contribution in [2.75, 3.05) is 19.0 Å². The van der Waals surface area contributed by atoms with E-state index in [1.165, 1.54) is 0 Å². The van der Waals surface area contributed by atoms with Crippen LogP contribution in [0.15, 0.2) is 0 Å². The van der Waals surface area contributed by atoms with Crippen LogP contribution in [-0.2, 0) is 10.1 Å². The lowest BCUT2D eigenvalue weighted by atomic mass is 10.1. The van der Waals surface area contributed by atoms with Crippen molar-refractivity contribution in [3.05, 3.63) is 0 Å². The van der Waals surface area contributed by atoms with Gasteiger partial charge in [0.1, 0.15) is 0 Å². The molecule has 0 aliphatic heterocycles. The molecule has 0 aromatic rings. The van der Waals surface area contributed by atoms with Gasteiger partial charge in [-0.25, -0.2) is 0 Å². The lowest BCUT2D eigenvalue weighted by Crippen LogP contribution is -2.56. The Morgan fingerprint density at radius 3 is 1.94 bits per heavy atom. The first kappa shape index (κ1) is 15.9. The third-order valence-corrected chi connectivity index (χ3v) is 4.14. The van der Waals surface area contributed by atoms with Crippen LogP contribution >= 0.6 is 0 Å². The molecule has 0 saturated carbocycles. The molecule has 0 aromatic heterocycles. The lowest BCUT2D eigenvalue weighted by molar-refractivity contribution is -0.936. The van der Waals surface area contributed by atoms with E-state index in [-0.39, 0.29) is 11.9 Å². The predicted molar refractivity (Wildman–Crippen MR) is 66.7 cm³/mol. The molecule has 0 spiro atoms. The maximum absolute atomic E-state index is 11.1. The summed E-state index contributed by atoms with van der Waals surface area (Å²) >= 11 is 0. The fraction of sp³-hybridized carbons (Fsp3) is 1.00. The van der Waals surface area contributed by atoms with Crippen LogP contribution in [0.5, 0.6) is 0 Å². The molecule has 0 aromatic carbocycles. The maximum Gasteiger partial charge on any atom is 0.316 e. The summed E-state index contributed by atoms with van der Waals surface area (Å²) in [5.74, 6) is 0.373. The minimum absolute atomic E-state index is 0.173. The minimum Gasteiger partial charge on any atom is -0.307 e. The first-order valence-corrected chi connectivity index (χ1v) is 7.55. The number of hydrogen-bond donors (Lipinski definition) is 1. The van der Waals surface area contributed by atoms with Crippen LogP contribution in [0.3, 0.4) is 0 Å². The molecule has 0 rings (SSSR count). The monoisotopic (exact) mass is 252 g/mol. The Kier molecular flexibility index (Phi) is 5.93. The number of nitrogens with zero attached hydrogens (tertiary/aromatic N) is 1. The quantitative estimate of drug-likeness (QED) is 0.558. The molecule has 16 heavy (non-hydrogen) atoms. The van der Waals surface area contributed by atoms with Gasteiger partial charge in [-0.3, -0.25) is 4.55 Å². The molecule has 4 nitrogen and oxygen atoms in total. The highest BCUT2D eigenvalue weighted by atomic mass is 32.2. The van der Waals surface area contributed by atoms with Crippen LogP contribution in [0.2, 0.25) is 0 Å². The van der Waals surface area contributed by atoms with Crippen molar-refractivity contribution in [1.29, 1.82) is 0 Å². The average molecular weight is 252 g/mol. The molecule has 5 heteroatoms. The van der Waals surface area contributed by atoms with Crippen LogP contribution in [0.1, 0.15) is 41.0 Å². The van der Waals surface area contributed by atoms with Gasteiger partial charge in [0.15, 0.2) is 0 Å². The Hall–Kier alpha value is -0.130. The zero-order valence-electron chi connectivity index (χ0n) is 11.1. The van der Waals surface area contributed by atoms with E-state index in [1.54, 1.807) is 0 Å². The second-order valence-electron chi connectivity index (χ2n) is 5.25. The van der Waals surface area contributed by atoms with Crippen LogP contribution < -0.4 is 0 Å². The number of quaternary nitrogens is 1. The van der Waals surface area contributed by atoms with Gasteiger partial charge in [-0.1, -0.05) is 13.8 Å². The van der Waals surface area contributed by atoms with Crippen LogP contribution in [0.25, 0.3) is 0 Å². The highest BCUT2D eigenvalue weighted by molar-refractivity contribution is 7.85. The Bertz CT molecular complexity index is 298. The molecule has 0 radical (unpaired) electrons. The van der Waals surface area contributed by atoms with E-state index in [1.807, 2.05) is 20.8 Å². The number of hydrogen-bond acceptors (Lipinski definition) is 2. The highest BCUT2D eigenvalue weighted by Crippen LogP contribution is 2.18. The third-order valence-electron chi connectivity index (χ3n) is 3.30. The summed E-state index contributed by atoms with van der Waals surface area (Å²) in [5.41, 5.74) is 0. The summed E-state index contributed by atoms with van der Waals surface area (Å²) in [4.78, 5) is 0. The fourth-order valence-corrected chi connectivity index (χ4v) is 3.19. The molecule has 0 saturated heterocycles. The molecule has 1 unspecified atom stereocenters. The van der Waals surface area contributed by atoms with Gasteiger partial charge in [-0.15, -0.1) is 0 Å². The summed E-state index contributed by atoms with van der Waals surface area (Å²) in [6.45, 7) is 11.8. The smallest absolute Gasteiger partial charge is 0.307 e. The molecule has 0 amide bonds. The van der Waals surface area contributed by atoms with E-state index in [4.69, 9.17) is 4.55 Å². The molecule has 0 aliphatic carbocycles. The maximum atomic E-state index is 11.1. The molecule has 98 valence electrons. The average Bonchev–Trinajstić information content (AvgIpc) is 2.09. The molecule has 0 fully saturated rings. The predicted octanol–water partition coefficient (Wildman–Crippen LogP) is 2.12. The van der Waals surface area contributed by atoms with Crippen LogP contribution in [-0.4, -0.2) is 42.5 Å². The Balaban J connectivity index is 4.86. The van der Waals surface area contributed by atoms with Crippen molar-refractivity contribution >= 4 is 10.1 Å². The standard InChI is InChI=1S/C11H25NO3S/c1-6-12(11(4)5,8-7-10(2)3)9-16(13,14)15/h10-11H,6-9H2,1-5H3/p+1. The van der Waals surface area contributed by atoms with Gasteiger partial charge in [-0.2, -0.15) is 8.42 Å². The van der Waals surface area contributed by atoms with Crippen molar-refractivity contribution in [2.24, 2.45) is 5.92 Å². The first-order chi connectivity index (χ1) is 7.13. The minimum atomic E-state index is -3.91. The molecule has 1 atom stereocenters. The topological polar surface area (TPSA) is 54.4 Å². The molecular formula is C11H26NO3S+. The Morgan fingerprint density at radius 2 is 1.69 bits per heavy atom. The zero-order valence-corrected chi connectivity index (χ0v) is 11.9. The van der Waals surface area contributed by atoms with Crippen LogP contribution in [0, 0.1) is 5.92 Å². The van der Waals surface area contributed by atoms with E-state index < -0.39 is 10.1 Å². The van der Waals surface area contributed by atoms with Gasteiger partial charge in [0.2, 0.25) is 5.88 Å². The van der Waals surface area contributed by atoms with Gasteiger partial charge in [0, 0.05) is 0 Å². The molecular weight excluding hydrogens is 226 g/mol. The number of rotatable bonds is 7. The van der Waals surface area contributed by atoms with Gasteiger partial charge >= 0.3 is 10.1 Å². The lowest BCUT2D eigenvalue weighted by Gasteiger charge is -2.40. The second kappa shape index (κ2) is 5.98. The van der Waals surface area contributed by atoms with Crippen molar-refractivity contribution < 1.29 is 17.5 Å². The summed E-state index contributed by atoms with van der Waals surface area (Å²) in [6, 6.07) is 0.200. The van der Waals surface area contributed by atoms with Crippen molar-refractivity contribution in [3.8, 4) is 0 Å². The Morgan fingerprint density at radius 1 is 1.19 bits per heavy atom. The van der Waals surface area contributed by atoms with E-state index in [9.17, 15) is 8.42 Å². The first-order valence-electron chi connectivity index (χ1n) is 5.94. The molecule has 0 heterocycles. The molecule has 0 aliphatic rings. The van der Waals surface area contributed by atoms with Gasteiger partial charge < -0.3 is 4.48 Å². The summed E-state index contributed by atoms with van der Waals surface area (Å²) < 4.78 is 31.7. The summed E-state index contributed by atoms with van der Waals surface area (Å²) in [5, 5.41) is 0. The third kappa shape index (κ3) is 5.27. The summed E-state index contributed by atoms with van der Waals surface area (Å²) in [7, 11) is -3.91.